The monoisotopic (exact) mass is 851 g/mol. The molecule has 0 aliphatic carbocycles. The number of quaternary nitrogens is 2. The van der Waals surface area contributed by atoms with E-state index in [1.54, 1.807) is 0 Å². The van der Waals surface area contributed by atoms with Crippen molar-refractivity contribution in [3.63, 3.8) is 0 Å². The van der Waals surface area contributed by atoms with Gasteiger partial charge in [-0.05, 0) is 102 Å². The molecule has 0 aliphatic heterocycles. The van der Waals surface area contributed by atoms with Crippen LogP contribution in [0.5, 0.6) is 0 Å². The van der Waals surface area contributed by atoms with E-state index in [4.69, 9.17) is 0 Å². The van der Waals surface area contributed by atoms with Crippen LogP contribution in [0.15, 0.2) is 170 Å². The summed E-state index contributed by atoms with van der Waals surface area (Å²) in [4.78, 5) is 0. The van der Waals surface area contributed by atoms with Crippen molar-refractivity contribution in [2.75, 3.05) is 39.3 Å². The van der Waals surface area contributed by atoms with E-state index in [-0.39, 0.29) is 34.3 Å². The van der Waals surface area contributed by atoms with Crippen molar-refractivity contribution in [2.45, 2.75) is 41.5 Å². The normalized spacial score (nSPS) is 10.8. The van der Waals surface area contributed by atoms with Crippen molar-refractivity contribution in [1.29, 1.82) is 0 Å². The second-order valence-electron chi connectivity index (χ2n) is 13.6. The van der Waals surface area contributed by atoms with Crippen molar-refractivity contribution in [2.24, 2.45) is 0 Å². The maximum atomic E-state index is 3.72. The van der Waals surface area contributed by atoms with Gasteiger partial charge in [0.05, 0.1) is 47.2 Å². The zero-order valence-electron chi connectivity index (χ0n) is 35.1. The average molecular weight is 852 g/mol. The predicted octanol–water partition coefficient (Wildman–Crippen LogP) is 11.8. The van der Waals surface area contributed by atoms with Crippen LogP contribution in [0.25, 0.3) is 5.57 Å². The summed E-state index contributed by atoms with van der Waals surface area (Å²) in [6.45, 7) is 20.4. The fraction of sp³-hybridized carbons (Fsp3) is 0.231. The Morgan fingerprint density at radius 1 is 0.393 bits per heavy atom. The Balaban J connectivity index is 0.000000419. The van der Waals surface area contributed by atoms with Gasteiger partial charge in [0.25, 0.3) is 0 Å². The first kappa shape index (κ1) is 48.2. The SMILES string of the molecule is CC[N+](CC)(CC)c1ccc(C(=[C-]c2ccccc2)c2ccc([N+](CC)(CC)CC)cc2)cc1.[CH3-].[CH3-].[Rh+3].c1ccc([PH+](c2ccccc2)c2ccccc2)cc1. The zero-order valence-corrected chi connectivity index (χ0v) is 37.8. The molecule has 0 spiro atoms. The maximum Gasteiger partial charge on any atom is 3.00 e. The van der Waals surface area contributed by atoms with E-state index in [9.17, 15) is 0 Å². The summed E-state index contributed by atoms with van der Waals surface area (Å²) < 4.78 is 2.03. The van der Waals surface area contributed by atoms with Crippen LogP contribution >= 0.6 is 7.92 Å². The summed E-state index contributed by atoms with van der Waals surface area (Å²) >= 11 is 0. The molecule has 6 aromatic rings. The summed E-state index contributed by atoms with van der Waals surface area (Å²) in [6, 6.07) is 61.4. The molecule has 0 saturated carbocycles. The van der Waals surface area contributed by atoms with Crippen molar-refractivity contribution < 1.29 is 19.5 Å². The fourth-order valence-corrected chi connectivity index (χ4v) is 10.2. The Labute approximate surface area is 355 Å². The number of rotatable bonds is 14. The Kier molecular flexibility index (Phi) is 20.6. The molecular formula is C52H65N2PRh+3. The molecule has 0 saturated heterocycles. The molecule has 0 amide bonds. The van der Waals surface area contributed by atoms with Gasteiger partial charge in [0.2, 0.25) is 0 Å². The molecule has 0 fully saturated rings. The molecule has 0 heterocycles. The molecule has 0 N–H and O–H groups in total. The third-order valence-electron chi connectivity index (χ3n) is 11.3. The van der Waals surface area contributed by atoms with Gasteiger partial charge in [-0.3, -0.25) is 8.97 Å². The van der Waals surface area contributed by atoms with E-state index in [0.717, 1.165) is 59.4 Å². The Bertz CT molecular complexity index is 1780. The minimum Gasteiger partial charge on any atom is -0.358 e. The third-order valence-corrected chi connectivity index (χ3v) is 14.0. The van der Waals surface area contributed by atoms with Gasteiger partial charge in [-0.15, -0.1) is 29.3 Å². The Hall–Kier alpha value is -3.97. The first-order chi connectivity index (χ1) is 26.0. The van der Waals surface area contributed by atoms with Crippen LogP contribution in [0.1, 0.15) is 58.2 Å². The number of hydrogen-bond donors (Lipinski definition) is 0. The minimum absolute atomic E-state index is 0. The van der Waals surface area contributed by atoms with Crippen molar-refractivity contribution in [3.8, 4) is 0 Å². The van der Waals surface area contributed by atoms with Gasteiger partial charge in [-0.1, -0.05) is 108 Å². The molecule has 0 aromatic heterocycles. The van der Waals surface area contributed by atoms with E-state index >= 15 is 0 Å². The minimum atomic E-state index is -0.877. The molecule has 0 bridgehead atoms. The van der Waals surface area contributed by atoms with Crippen LogP contribution in [0.4, 0.5) is 11.4 Å². The number of hydrogen-bond acceptors (Lipinski definition) is 0. The van der Waals surface area contributed by atoms with Crippen molar-refractivity contribution in [3.05, 3.63) is 207 Å². The number of nitrogens with zero attached hydrogens (tertiary/aromatic N) is 2. The quantitative estimate of drug-likeness (QED) is 0.0337. The molecule has 6 rings (SSSR count). The van der Waals surface area contributed by atoms with Crippen LogP contribution in [0.2, 0.25) is 0 Å². The van der Waals surface area contributed by atoms with Crippen LogP contribution in [0.3, 0.4) is 0 Å². The van der Waals surface area contributed by atoms with E-state index in [1.807, 2.05) is 0 Å². The molecule has 56 heavy (non-hydrogen) atoms. The molecule has 294 valence electrons. The molecule has 6 aromatic carbocycles. The largest absolute Gasteiger partial charge is 3.00 e. The first-order valence-electron chi connectivity index (χ1n) is 19.6. The standard InChI is InChI=1S/C32H43N2.C18H15P.2CH3.Rh/c1-7-33(8-2,9-3)30-22-18-28(19-23-30)32(26-27-16-14-13-15-17-27)29-20-24-31(25-21-29)34(10-4,11-5)12-6;1-4-10-16(11-5-1)19(17-12-6-2-7-13-17)18-14-8-3-9-15-18;;;/h13-25H,7-12H2,1-6H3;1-15H;2*1H3;/q+1;;2*-1;+3/p+1. The summed E-state index contributed by atoms with van der Waals surface area (Å²) in [7, 11) is -0.877. The Morgan fingerprint density at radius 2 is 0.661 bits per heavy atom. The van der Waals surface area contributed by atoms with Gasteiger partial charge in [0.15, 0.2) is 0 Å². The number of benzene rings is 6. The molecule has 0 radical (unpaired) electrons. The fourth-order valence-electron chi connectivity index (χ4n) is 7.62. The van der Waals surface area contributed by atoms with Gasteiger partial charge >= 0.3 is 19.5 Å². The van der Waals surface area contributed by atoms with E-state index in [2.05, 4.69) is 217 Å². The van der Waals surface area contributed by atoms with Gasteiger partial charge < -0.3 is 14.9 Å². The van der Waals surface area contributed by atoms with Crippen molar-refractivity contribution >= 4 is 40.8 Å². The van der Waals surface area contributed by atoms with Crippen LogP contribution in [-0.4, -0.2) is 39.3 Å². The van der Waals surface area contributed by atoms with Crippen molar-refractivity contribution in [1.82, 2.24) is 8.97 Å². The van der Waals surface area contributed by atoms with Gasteiger partial charge in [0.1, 0.15) is 27.3 Å². The molecular weight excluding hydrogens is 786 g/mol. The second-order valence-corrected chi connectivity index (χ2v) is 16.1. The molecule has 0 aliphatic rings. The van der Waals surface area contributed by atoms with Crippen LogP contribution < -0.4 is 24.9 Å². The summed E-state index contributed by atoms with van der Waals surface area (Å²) in [5.41, 5.74) is 7.46. The summed E-state index contributed by atoms with van der Waals surface area (Å²) in [6.07, 6.45) is 3.72. The third kappa shape index (κ3) is 11.6. The van der Waals surface area contributed by atoms with Gasteiger partial charge in [0, 0.05) is 0 Å². The van der Waals surface area contributed by atoms with E-state index < -0.39 is 7.92 Å². The van der Waals surface area contributed by atoms with Crippen LogP contribution in [0, 0.1) is 20.9 Å². The van der Waals surface area contributed by atoms with Gasteiger partial charge in [-0.2, -0.15) is 0 Å². The maximum absolute atomic E-state index is 3.72. The second kappa shape index (κ2) is 24.0. The molecule has 0 atom stereocenters. The smallest absolute Gasteiger partial charge is 0.358 e. The van der Waals surface area contributed by atoms with E-state index in [1.165, 1.54) is 38.4 Å². The Morgan fingerprint density at radius 3 is 0.929 bits per heavy atom. The molecule has 0 unspecified atom stereocenters. The van der Waals surface area contributed by atoms with E-state index in [0.29, 0.717) is 0 Å². The zero-order chi connectivity index (χ0) is 37.5. The average Bonchev–Trinajstić information content (AvgIpc) is 3.24. The van der Waals surface area contributed by atoms with Crippen LogP contribution in [-0.2, 0) is 19.5 Å². The first-order valence-corrected chi connectivity index (χ1v) is 21.1. The topological polar surface area (TPSA) is 0 Å². The predicted molar refractivity (Wildman–Crippen MR) is 250 cm³/mol. The summed E-state index contributed by atoms with van der Waals surface area (Å²) in [5, 5.41) is 4.31. The molecule has 2 nitrogen and oxygen atoms in total. The summed E-state index contributed by atoms with van der Waals surface area (Å²) in [5.74, 6) is 0. The van der Waals surface area contributed by atoms with Gasteiger partial charge in [-0.25, -0.2) is 0 Å². The molecule has 4 heteroatoms.